The third-order valence-corrected chi connectivity index (χ3v) is 4.50. The standard InChI is InChI=1S/C14H18ClNO2S/c1-11-2-3-12(10-13(11)15)14(17)18-7-4-16-5-8-19-9-6-16/h2-3,10H,4-9H2,1H3. The van der Waals surface area contributed by atoms with E-state index in [1.165, 1.54) is 11.5 Å². The highest BCUT2D eigenvalue weighted by Crippen LogP contribution is 2.17. The van der Waals surface area contributed by atoms with E-state index in [1.54, 1.807) is 12.1 Å². The summed E-state index contributed by atoms with van der Waals surface area (Å²) >= 11 is 7.97. The van der Waals surface area contributed by atoms with E-state index in [1.807, 2.05) is 24.8 Å². The van der Waals surface area contributed by atoms with Gasteiger partial charge in [-0.1, -0.05) is 17.7 Å². The molecule has 0 spiro atoms. The van der Waals surface area contributed by atoms with E-state index in [2.05, 4.69) is 4.90 Å². The summed E-state index contributed by atoms with van der Waals surface area (Å²) in [4.78, 5) is 14.2. The lowest BCUT2D eigenvalue weighted by Gasteiger charge is -2.25. The predicted molar refractivity (Wildman–Crippen MR) is 80.2 cm³/mol. The predicted octanol–water partition coefficient (Wildman–Crippen LogP) is 2.85. The molecule has 1 heterocycles. The Morgan fingerprint density at radius 3 is 2.84 bits per heavy atom. The van der Waals surface area contributed by atoms with Gasteiger partial charge in [0.1, 0.15) is 6.61 Å². The van der Waals surface area contributed by atoms with Crippen LogP contribution >= 0.6 is 23.4 Å². The Labute approximate surface area is 123 Å². The number of carbonyl (C=O) groups is 1. The van der Waals surface area contributed by atoms with Crippen molar-refractivity contribution in [3.63, 3.8) is 0 Å². The Bertz CT molecular complexity index is 447. The zero-order valence-electron chi connectivity index (χ0n) is 11.0. The number of halogens is 1. The minimum Gasteiger partial charge on any atom is -0.461 e. The van der Waals surface area contributed by atoms with Crippen molar-refractivity contribution in [3.8, 4) is 0 Å². The molecular weight excluding hydrogens is 282 g/mol. The van der Waals surface area contributed by atoms with Crippen LogP contribution in [-0.4, -0.2) is 48.6 Å². The van der Waals surface area contributed by atoms with Crippen LogP contribution < -0.4 is 0 Å². The summed E-state index contributed by atoms with van der Waals surface area (Å²) in [7, 11) is 0. The van der Waals surface area contributed by atoms with Crippen molar-refractivity contribution in [1.29, 1.82) is 0 Å². The third-order valence-electron chi connectivity index (χ3n) is 3.15. The monoisotopic (exact) mass is 299 g/mol. The molecule has 0 saturated carbocycles. The first-order valence-electron chi connectivity index (χ1n) is 6.40. The van der Waals surface area contributed by atoms with Crippen LogP contribution in [0, 0.1) is 6.92 Å². The van der Waals surface area contributed by atoms with Crippen LogP contribution in [0.4, 0.5) is 0 Å². The largest absolute Gasteiger partial charge is 0.461 e. The quantitative estimate of drug-likeness (QED) is 0.800. The molecule has 19 heavy (non-hydrogen) atoms. The molecule has 1 aromatic carbocycles. The first kappa shape index (κ1) is 14.7. The molecule has 1 aromatic rings. The van der Waals surface area contributed by atoms with Crippen LogP contribution in [0.5, 0.6) is 0 Å². The smallest absolute Gasteiger partial charge is 0.338 e. The average Bonchev–Trinajstić information content (AvgIpc) is 2.43. The van der Waals surface area contributed by atoms with E-state index in [-0.39, 0.29) is 5.97 Å². The lowest BCUT2D eigenvalue weighted by atomic mass is 10.1. The normalized spacial score (nSPS) is 16.3. The number of hydrogen-bond donors (Lipinski definition) is 0. The molecule has 1 aliphatic heterocycles. The number of benzene rings is 1. The van der Waals surface area contributed by atoms with Gasteiger partial charge in [0.15, 0.2) is 0 Å². The van der Waals surface area contributed by atoms with Gasteiger partial charge in [-0.05, 0) is 24.6 Å². The summed E-state index contributed by atoms with van der Waals surface area (Å²) in [6.07, 6.45) is 0. The van der Waals surface area contributed by atoms with Gasteiger partial charge < -0.3 is 4.74 Å². The van der Waals surface area contributed by atoms with E-state index in [9.17, 15) is 4.79 Å². The summed E-state index contributed by atoms with van der Waals surface area (Å²) in [5.74, 6) is 2.04. The SMILES string of the molecule is Cc1ccc(C(=O)OCCN2CCSCC2)cc1Cl. The number of carbonyl (C=O) groups excluding carboxylic acids is 1. The van der Waals surface area contributed by atoms with Crippen molar-refractivity contribution in [2.45, 2.75) is 6.92 Å². The number of aryl methyl sites for hydroxylation is 1. The van der Waals surface area contributed by atoms with Gasteiger partial charge >= 0.3 is 5.97 Å². The topological polar surface area (TPSA) is 29.5 Å². The second-order valence-corrected chi connectivity index (χ2v) is 6.19. The van der Waals surface area contributed by atoms with Gasteiger partial charge in [0.25, 0.3) is 0 Å². The van der Waals surface area contributed by atoms with Gasteiger partial charge in [0.2, 0.25) is 0 Å². The van der Waals surface area contributed by atoms with Crippen LogP contribution in [0.3, 0.4) is 0 Å². The molecule has 2 rings (SSSR count). The van der Waals surface area contributed by atoms with Crippen LogP contribution in [0.15, 0.2) is 18.2 Å². The van der Waals surface area contributed by atoms with Crippen molar-refractivity contribution in [2.24, 2.45) is 0 Å². The third kappa shape index (κ3) is 4.41. The van der Waals surface area contributed by atoms with Gasteiger partial charge in [-0.3, -0.25) is 4.90 Å². The van der Waals surface area contributed by atoms with E-state index in [4.69, 9.17) is 16.3 Å². The van der Waals surface area contributed by atoms with E-state index in [0.29, 0.717) is 17.2 Å². The average molecular weight is 300 g/mol. The minimum absolute atomic E-state index is 0.298. The summed E-state index contributed by atoms with van der Waals surface area (Å²) in [5.41, 5.74) is 1.48. The van der Waals surface area contributed by atoms with Crippen LogP contribution in [-0.2, 0) is 4.74 Å². The highest BCUT2D eigenvalue weighted by Gasteiger charge is 2.12. The molecule has 0 amide bonds. The lowest BCUT2D eigenvalue weighted by molar-refractivity contribution is 0.0466. The number of rotatable bonds is 4. The minimum atomic E-state index is -0.298. The van der Waals surface area contributed by atoms with Gasteiger partial charge in [-0.25, -0.2) is 4.79 Å². The van der Waals surface area contributed by atoms with Crippen molar-refractivity contribution in [3.05, 3.63) is 34.3 Å². The molecular formula is C14H18ClNO2S. The molecule has 5 heteroatoms. The summed E-state index contributed by atoms with van der Waals surface area (Å²) in [6, 6.07) is 5.25. The maximum atomic E-state index is 11.8. The number of thioether (sulfide) groups is 1. The fraction of sp³-hybridized carbons (Fsp3) is 0.500. The Morgan fingerprint density at radius 1 is 1.42 bits per heavy atom. The van der Waals surface area contributed by atoms with Gasteiger partial charge in [-0.2, -0.15) is 11.8 Å². The first-order chi connectivity index (χ1) is 9.16. The molecule has 1 aliphatic rings. The highest BCUT2D eigenvalue weighted by molar-refractivity contribution is 7.99. The lowest BCUT2D eigenvalue weighted by Crippen LogP contribution is -2.35. The van der Waals surface area contributed by atoms with Crippen molar-refractivity contribution in [1.82, 2.24) is 4.90 Å². The number of ether oxygens (including phenoxy) is 1. The Balaban J connectivity index is 1.78. The van der Waals surface area contributed by atoms with Crippen molar-refractivity contribution >= 4 is 29.3 Å². The van der Waals surface area contributed by atoms with E-state index in [0.717, 1.165) is 25.2 Å². The van der Waals surface area contributed by atoms with Crippen LogP contribution in [0.1, 0.15) is 15.9 Å². The molecule has 0 unspecified atom stereocenters. The van der Waals surface area contributed by atoms with Crippen LogP contribution in [0.25, 0.3) is 0 Å². The Morgan fingerprint density at radius 2 is 2.16 bits per heavy atom. The van der Waals surface area contributed by atoms with Gasteiger partial charge in [0.05, 0.1) is 5.56 Å². The van der Waals surface area contributed by atoms with Gasteiger partial charge in [-0.15, -0.1) is 0 Å². The molecule has 3 nitrogen and oxygen atoms in total. The van der Waals surface area contributed by atoms with E-state index >= 15 is 0 Å². The summed E-state index contributed by atoms with van der Waals surface area (Å²) < 4.78 is 5.28. The Kier molecular flexibility index (Phi) is 5.55. The molecule has 0 bridgehead atoms. The maximum Gasteiger partial charge on any atom is 0.338 e. The molecule has 0 N–H and O–H groups in total. The van der Waals surface area contributed by atoms with Gasteiger partial charge in [0, 0.05) is 36.2 Å². The van der Waals surface area contributed by atoms with E-state index < -0.39 is 0 Å². The second-order valence-electron chi connectivity index (χ2n) is 4.55. The Hall–Kier alpha value is -0.710. The number of nitrogens with zero attached hydrogens (tertiary/aromatic N) is 1. The molecule has 0 aromatic heterocycles. The fourth-order valence-electron chi connectivity index (χ4n) is 1.90. The van der Waals surface area contributed by atoms with Crippen LogP contribution in [0.2, 0.25) is 5.02 Å². The molecule has 0 radical (unpaired) electrons. The first-order valence-corrected chi connectivity index (χ1v) is 7.93. The van der Waals surface area contributed by atoms with Crippen molar-refractivity contribution in [2.75, 3.05) is 37.7 Å². The van der Waals surface area contributed by atoms with Crippen molar-refractivity contribution < 1.29 is 9.53 Å². The molecule has 0 aliphatic carbocycles. The summed E-state index contributed by atoms with van der Waals surface area (Å²) in [5, 5.41) is 0.600. The highest BCUT2D eigenvalue weighted by atomic mass is 35.5. The number of esters is 1. The fourth-order valence-corrected chi connectivity index (χ4v) is 3.05. The molecule has 104 valence electrons. The zero-order valence-corrected chi connectivity index (χ0v) is 12.6. The molecule has 0 atom stereocenters. The molecule has 1 fully saturated rings. The second kappa shape index (κ2) is 7.17. The maximum absolute atomic E-state index is 11.8. The zero-order chi connectivity index (χ0) is 13.7. The summed E-state index contributed by atoms with van der Waals surface area (Å²) in [6.45, 7) is 5.32. The number of hydrogen-bond acceptors (Lipinski definition) is 4. The molecule has 1 saturated heterocycles.